The molecule has 0 aromatic carbocycles. The zero-order valence-corrected chi connectivity index (χ0v) is 12.4. The SMILES string of the molecule is CC(C)NCC1CCCN(CCCn2ccnc2)C1. The topological polar surface area (TPSA) is 33.1 Å². The highest BCUT2D eigenvalue weighted by molar-refractivity contribution is 4.77. The fourth-order valence-electron chi connectivity index (χ4n) is 2.82. The number of aryl methyl sites for hydroxylation is 1. The summed E-state index contributed by atoms with van der Waals surface area (Å²) in [5.74, 6) is 0.837. The first-order valence-electron chi connectivity index (χ1n) is 7.65. The molecular weight excluding hydrogens is 236 g/mol. The molecule has 0 aliphatic carbocycles. The van der Waals surface area contributed by atoms with E-state index in [9.17, 15) is 0 Å². The Balaban J connectivity index is 1.63. The molecule has 1 unspecified atom stereocenters. The van der Waals surface area contributed by atoms with E-state index in [0.717, 1.165) is 12.5 Å². The van der Waals surface area contributed by atoms with Gasteiger partial charge in [-0.2, -0.15) is 0 Å². The molecule has 1 atom stereocenters. The number of nitrogens with zero attached hydrogens (tertiary/aromatic N) is 3. The Bertz CT molecular complexity index is 334. The summed E-state index contributed by atoms with van der Waals surface area (Å²) in [6, 6.07) is 0.608. The quantitative estimate of drug-likeness (QED) is 0.817. The van der Waals surface area contributed by atoms with Gasteiger partial charge >= 0.3 is 0 Å². The van der Waals surface area contributed by atoms with E-state index in [2.05, 4.69) is 33.6 Å². The summed E-state index contributed by atoms with van der Waals surface area (Å²) >= 11 is 0. The van der Waals surface area contributed by atoms with E-state index >= 15 is 0 Å². The lowest BCUT2D eigenvalue weighted by molar-refractivity contribution is 0.167. The van der Waals surface area contributed by atoms with Crippen molar-refractivity contribution in [2.24, 2.45) is 5.92 Å². The van der Waals surface area contributed by atoms with Gasteiger partial charge in [0.2, 0.25) is 0 Å². The lowest BCUT2D eigenvalue weighted by Gasteiger charge is -2.33. The van der Waals surface area contributed by atoms with E-state index in [0.29, 0.717) is 6.04 Å². The molecule has 0 bridgehead atoms. The maximum absolute atomic E-state index is 4.08. The predicted molar refractivity (Wildman–Crippen MR) is 79.1 cm³/mol. The zero-order chi connectivity index (χ0) is 13.5. The molecule has 1 aromatic rings. The van der Waals surface area contributed by atoms with Crippen LogP contribution in [0.25, 0.3) is 0 Å². The van der Waals surface area contributed by atoms with Crippen LogP contribution < -0.4 is 5.32 Å². The maximum atomic E-state index is 4.08. The van der Waals surface area contributed by atoms with Gasteiger partial charge < -0.3 is 14.8 Å². The van der Waals surface area contributed by atoms with Crippen LogP contribution in [-0.2, 0) is 6.54 Å². The van der Waals surface area contributed by atoms with Crippen molar-refractivity contribution >= 4 is 0 Å². The molecule has 0 radical (unpaired) electrons. The van der Waals surface area contributed by atoms with Crippen LogP contribution in [0.3, 0.4) is 0 Å². The first-order chi connectivity index (χ1) is 9.24. The highest BCUT2D eigenvalue weighted by Crippen LogP contribution is 2.16. The molecule has 1 aromatic heterocycles. The molecule has 1 aliphatic heterocycles. The van der Waals surface area contributed by atoms with Gasteiger partial charge in [-0.05, 0) is 44.8 Å². The molecule has 1 aliphatic rings. The Morgan fingerprint density at radius 3 is 3.00 bits per heavy atom. The Morgan fingerprint density at radius 2 is 2.26 bits per heavy atom. The lowest BCUT2D eigenvalue weighted by Crippen LogP contribution is -2.41. The largest absolute Gasteiger partial charge is 0.337 e. The summed E-state index contributed by atoms with van der Waals surface area (Å²) in [7, 11) is 0. The molecule has 19 heavy (non-hydrogen) atoms. The predicted octanol–water partition coefficient (Wildman–Crippen LogP) is 1.98. The molecule has 0 amide bonds. The second-order valence-corrected chi connectivity index (χ2v) is 6.03. The normalized spacial score (nSPS) is 21.1. The Kier molecular flexibility index (Phi) is 5.86. The summed E-state index contributed by atoms with van der Waals surface area (Å²) in [4.78, 5) is 6.71. The van der Waals surface area contributed by atoms with E-state index < -0.39 is 0 Å². The van der Waals surface area contributed by atoms with Crippen molar-refractivity contribution in [2.75, 3.05) is 26.2 Å². The minimum Gasteiger partial charge on any atom is -0.337 e. The van der Waals surface area contributed by atoms with Crippen LogP contribution in [0.1, 0.15) is 33.1 Å². The number of imidazole rings is 1. The third-order valence-electron chi connectivity index (χ3n) is 3.87. The van der Waals surface area contributed by atoms with Crippen LogP contribution in [0.4, 0.5) is 0 Å². The highest BCUT2D eigenvalue weighted by Gasteiger charge is 2.19. The number of nitrogens with one attached hydrogen (secondary N) is 1. The third-order valence-corrected chi connectivity index (χ3v) is 3.87. The van der Waals surface area contributed by atoms with Crippen LogP contribution in [0.2, 0.25) is 0 Å². The van der Waals surface area contributed by atoms with Crippen molar-refractivity contribution in [3.8, 4) is 0 Å². The van der Waals surface area contributed by atoms with Gasteiger partial charge in [0.1, 0.15) is 0 Å². The van der Waals surface area contributed by atoms with Crippen LogP contribution in [0.5, 0.6) is 0 Å². The first-order valence-corrected chi connectivity index (χ1v) is 7.65. The molecular formula is C15H28N4. The number of aromatic nitrogens is 2. The number of hydrogen-bond donors (Lipinski definition) is 1. The average molecular weight is 264 g/mol. The molecule has 2 rings (SSSR count). The number of rotatable bonds is 7. The van der Waals surface area contributed by atoms with Gasteiger partial charge in [-0.3, -0.25) is 0 Å². The molecule has 1 fully saturated rings. The molecule has 2 heterocycles. The van der Waals surface area contributed by atoms with Gasteiger partial charge in [0.15, 0.2) is 0 Å². The summed E-state index contributed by atoms with van der Waals surface area (Å²) < 4.78 is 2.17. The molecule has 1 N–H and O–H groups in total. The second kappa shape index (κ2) is 7.65. The minimum absolute atomic E-state index is 0.608. The van der Waals surface area contributed by atoms with Gasteiger partial charge in [0, 0.05) is 31.5 Å². The van der Waals surface area contributed by atoms with Gasteiger partial charge in [0.05, 0.1) is 6.33 Å². The smallest absolute Gasteiger partial charge is 0.0945 e. The molecule has 0 spiro atoms. The third kappa shape index (κ3) is 5.33. The maximum Gasteiger partial charge on any atom is 0.0945 e. The van der Waals surface area contributed by atoms with E-state index in [1.807, 2.05) is 18.7 Å². The lowest BCUT2D eigenvalue weighted by atomic mass is 9.97. The number of hydrogen-bond acceptors (Lipinski definition) is 3. The van der Waals surface area contributed by atoms with Crippen molar-refractivity contribution in [1.82, 2.24) is 19.8 Å². The molecule has 4 nitrogen and oxygen atoms in total. The first kappa shape index (κ1) is 14.5. The van der Waals surface area contributed by atoms with Crippen molar-refractivity contribution in [1.29, 1.82) is 0 Å². The second-order valence-electron chi connectivity index (χ2n) is 6.03. The average Bonchev–Trinajstić information content (AvgIpc) is 2.90. The van der Waals surface area contributed by atoms with Crippen molar-refractivity contribution in [2.45, 2.75) is 45.7 Å². The Morgan fingerprint density at radius 1 is 1.37 bits per heavy atom. The van der Waals surface area contributed by atoms with Crippen molar-refractivity contribution < 1.29 is 0 Å². The summed E-state index contributed by atoms with van der Waals surface area (Å²) in [5.41, 5.74) is 0. The standard InChI is InChI=1S/C15H28N4/c1-14(2)17-11-15-5-3-7-18(12-15)8-4-9-19-10-6-16-13-19/h6,10,13-15,17H,3-5,7-9,11-12H2,1-2H3. The van der Waals surface area contributed by atoms with Crippen molar-refractivity contribution in [3.05, 3.63) is 18.7 Å². The van der Waals surface area contributed by atoms with Crippen molar-refractivity contribution in [3.63, 3.8) is 0 Å². The summed E-state index contributed by atoms with van der Waals surface area (Å²) in [6.07, 6.45) is 9.78. The molecule has 1 saturated heterocycles. The van der Waals surface area contributed by atoms with E-state index in [1.54, 1.807) is 0 Å². The van der Waals surface area contributed by atoms with E-state index in [1.165, 1.54) is 45.4 Å². The van der Waals surface area contributed by atoms with Crippen LogP contribution in [-0.4, -0.2) is 46.7 Å². The summed E-state index contributed by atoms with van der Waals surface area (Å²) in [6.45, 7) is 10.5. The fourth-order valence-corrected chi connectivity index (χ4v) is 2.82. The minimum atomic E-state index is 0.608. The van der Waals surface area contributed by atoms with E-state index in [-0.39, 0.29) is 0 Å². The van der Waals surface area contributed by atoms with Crippen LogP contribution in [0, 0.1) is 5.92 Å². The number of piperidine rings is 1. The Labute approximate surface area is 117 Å². The van der Waals surface area contributed by atoms with Gasteiger partial charge in [-0.1, -0.05) is 13.8 Å². The van der Waals surface area contributed by atoms with Crippen LogP contribution in [0.15, 0.2) is 18.7 Å². The van der Waals surface area contributed by atoms with E-state index in [4.69, 9.17) is 0 Å². The molecule has 0 saturated carbocycles. The van der Waals surface area contributed by atoms with Gasteiger partial charge in [0.25, 0.3) is 0 Å². The van der Waals surface area contributed by atoms with Gasteiger partial charge in [-0.25, -0.2) is 4.98 Å². The van der Waals surface area contributed by atoms with Gasteiger partial charge in [-0.15, -0.1) is 0 Å². The summed E-state index contributed by atoms with van der Waals surface area (Å²) in [5, 5.41) is 3.58. The zero-order valence-electron chi connectivity index (χ0n) is 12.4. The monoisotopic (exact) mass is 264 g/mol. The highest BCUT2D eigenvalue weighted by atomic mass is 15.1. The molecule has 108 valence electrons. The fraction of sp³-hybridized carbons (Fsp3) is 0.800. The van der Waals surface area contributed by atoms with Crippen LogP contribution >= 0.6 is 0 Å². The Hall–Kier alpha value is -0.870. The number of likely N-dealkylation sites (tertiary alicyclic amines) is 1. The molecule has 4 heteroatoms.